The molecule has 0 atom stereocenters. The zero-order chi connectivity index (χ0) is 16.4. The third kappa shape index (κ3) is 7.90. The van der Waals surface area contributed by atoms with Gasteiger partial charge in [-0.25, -0.2) is 0 Å². The Morgan fingerprint density at radius 1 is 0.955 bits per heavy atom. The highest BCUT2D eigenvalue weighted by Gasteiger charge is 2.29. The van der Waals surface area contributed by atoms with Crippen molar-refractivity contribution in [2.75, 3.05) is 6.61 Å². The van der Waals surface area contributed by atoms with E-state index in [0.29, 0.717) is 18.8 Å². The summed E-state index contributed by atoms with van der Waals surface area (Å²) in [6, 6.07) is 4.72. The molecule has 0 saturated carbocycles. The fourth-order valence-corrected chi connectivity index (χ4v) is 2.04. The van der Waals surface area contributed by atoms with Gasteiger partial charge in [-0.3, -0.25) is 4.79 Å². The first-order chi connectivity index (χ1) is 10.4. The maximum Gasteiger partial charge on any atom is 0.416 e. The van der Waals surface area contributed by atoms with Gasteiger partial charge in [-0.05, 0) is 37.1 Å². The molecule has 0 unspecified atom stereocenters. The van der Waals surface area contributed by atoms with Crippen molar-refractivity contribution in [2.45, 2.75) is 51.1 Å². The highest BCUT2D eigenvalue weighted by molar-refractivity contribution is 5.73. The van der Waals surface area contributed by atoms with E-state index in [-0.39, 0.29) is 5.91 Å². The lowest BCUT2D eigenvalue weighted by molar-refractivity contribution is -0.137. The zero-order valence-corrected chi connectivity index (χ0v) is 12.5. The number of ether oxygens (including phenoxy) is 1. The van der Waals surface area contributed by atoms with Crippen molar-refractivity contribution in [3.05, 3.63) is 29.8 Å². The predicted molar refractivity (Wildman–Crippen MR) is 78.5 cm³/mol. The molecule has 3 nitrogen and oxygen atoms in total. The van der Waals surface area contributed by atoms with Crippen LogP contribution in [-0.4, -0.2) is 12.5 Å². The van der Waals surface area contributed by atoms with E-state index in [2.05, 4.69) is 0 Å². The number of alkyl halides is 3. The van der Waals surface area contributed by atoms with Crippen LogP contribution < -0.4 is 10.5 Å². The second-order valence-electron chi connectivity index (χ2n) is 5.21. The van der Waals surface area contributed by atoms with E-state index < -0.39 is 11.7 Å². The fourth-order valence-electron chi connectivity index (χ4n) is 2.04. The molecule has 0 aliphatic carbocycles. The number of benzene rings is 1. The van der Waals surface area contributed by atoms with Crippen LogP contribution >= 0.6 is 0 Å². The van der Waals surface area contributed by atoms with E-state index in [0.717, 1.165) is 50.7 Å². The molecule has 0 aliphatic heterocycles. The van der Waals surface area contributed by atoms with Crippen molar-refractivity contribution in [3.8, 4) is 5.75 Å². The summed E-state index contributed by atoms with van der Waals surface area (Å²) in [6.45, 7) is 0.493. The standard InChI is InChI=1S/C16H22F3NO2/c17-16(18,19)13-8-10-14(11-9-13)22-12-6-4-2-1-3-5-7-15(20)21/h8-11H,1-7,12H2,(H2,20,21). The van der Waals surface area contributed by atoms with Gasteiger partial charge < -0.3 is 10.5 Å². The number of carbonyl (C=O) groups is 1. The molecule has 6 heteroatoms. The lowest BCUT2D eigenvalue weighted by atomic mass is 10.1. The Balaban J connectivity index is 2.06. The van der Waals surface area contributed by atoms with Gasteiger partial charge in [-0.15, -0.1) is 0 Å². The molecule has 1 aromatic rings. The van der Waals surface area contributed by atoms with E-state index in [4.69, 9.17) is 10.5 Å². The molecule has 1 aromatic carbocycles. The van der Waals surface area contributed by atoms with Gasteiger partial charge >= 0.3 is 6.18 Å². The van der Waals surface area contributed by atoms with Crippen LogP contribution in [0.3, 0.4) is 0 Å². The zero-order valence-electron chi connectivity index (χ0n) is 12.5. The van der Waals surface area contributed by atoms with Crippen LogP contribution in [0.25, 0.3) is 0 Å². The molecule has 0 aromatic heterocycles. The SMILES string of the molecule is NC(=O)CCCCCCCCOc1ccc(C(F)(F)F)cc1. The summed E-state index contributed by atoms with van der Waals surface area (Å²) in [5, 5.41) is 0. The number of amides is 1. The maximum atomic E-state index is 12.4. The minimum absolute atomic E-state index is 0.259. The smallest absolute Gasteiger partial charge is 0.416 e. The minimum atomic E-state index is -4.31. The Bertz CT molecular complexity index is 444. The summed E-state index contributed by atoms with van der Waals surface area (Å²) in [7, 11) is 0. The molecule has 1 amide bonds. The van der Waals surface area contributed by atoms with Crippen LogP contribution in [0.15, 0.2) is 24.3 Å². The Morgan fingerprint density at radius 3 is 2.05 bits per heavy atom. The van der Waals surface area contributed by atoms with Crippen LogP contribution in [0.5, 0.6) is 5.75 Å². The summed E-state index contributed by atoms with van der Waals surface area (Å²) >= 11 is 0. The van der Waals surface area contributed by atoms with Crippen molar-refractivity contribution in [3.63, 3.8) is 0 Å². The average Bonchev–Trinajstić information content (AvgIpc) is 2.45. The van der Waals surface area contributed by atoms with Crippen LogP contribution in [0.1, 0.15) is 50.5 Å². The monoisotopic (exact) mass is 317 g/mol. The molecule has 124 valence electrons. The number of hydrogen-bond acceptors (Lipinski definition) is 2. The van der Waals surface area contributed by atoms with Gasteiger partial charge in [0.1, 0.15) is 5.75 Å². The number of primary amides is 1. The quantitative estimate of drug-likeness (QED) is 0.654. The Kier molecular flexibility index (Phi) is 7.77. The summed E-state index contributed by atoms with van der Waals surface area (Å²) in [5.41, 5.74) is 4.37. The second kappa shape index (κ2) is 9.33. The van der Waals surface area contributed by atoms with Gasteiger partial charge in [0.25, 0.3) is 0 Å². The number of nitrogens with two attached hydrogens (primary N) is 1. The van der Waals surface area contributed by atoms with Crippen molar-refractivity contribution in [1.29, 1.82) is 0 Å². The van der Waals surface area contributed by atoms with Gasteiger partial charge in [0.05, 0.1) is 12.2 Å². The molecule has 0 fully saturated rings. The highest BCUT2D eigenvalue weighted by atomic mass is 19.4. The average molecular weight is 317 g/mol. The highest BCUT2D eigenvalue weighted by Crippen LogP contribution is 2.30. The molecule has 0 heterocycles. The predicted octanol–water partition coefficient (Wildman–Crippen LogP) is 4.30. The normalized spacial score (nSPS) is 11.4. The molecule has 0 aliphatic rings. The van der Waals surface area contributed by atoms with Crippen molar-refractivity contribution in [1.82, 2.24) is 0 Å². The molecule has 0 bridgehead atoms. The van der Waals surface area contributed by atoms with Gasteiger partial charge in [0.15, 0.2) is 0 Å². The summed E-state index contributed by atoms with van der Waals surface area (Å²) in [5.74, 6) is 0.194. The van der Waals surface area contributed by atoms with Crippen LogP contribution in [0.2, 0.25) is 0 Å². The van der Waals surface area contributed by atoms with E-state index in [9.17, 15) is 18.0 Å². The van der Waals surface area contributed by atoms with Gasteiger partial charge in [-0.2, -0.15) is 13.2 Å². The molecular formula is C16H22F3NO2. The van der Waals surface area contributed by atoms with E-state index in [1.54, 1.807) is 0 Å². The maximum absolute atomic E-state index is 12.4. The third-order valence-corrected chi connectivity index (χ3v) is 3.27. The third-order valence-electron chi connectivity index (χ3n) is 3.27. The molecule has 0 radical (unpaired) electrons. The Labute approximate surface area is 128 Å². The fraction of sp³-hybridized carbons (Fsp3) is 0.562. The lowest BCUT2D eigenvalue weighted by Gasteiger charge is -2.09. The molecular weight excluding hydrogens is 295 g/mol. The Hall–Kier alpha value is -1.72. The number of rotatable bonds is 10. The first-order valence-electron chi connectivity index (χ1n) is 7.48. The number of carbonyl (C=O) groups excluding carboxylic acids is 1. The van der Waals surface area contributed by atoms with Crippen molar-refractivity contribution in [2.24, 2.45) is 5.73 Å². The lowest BCUT2D eigenvalue weighted by Crippen LogP contribution is -2.09. The van der Waals surface area contributed by atoms with Gasteiger partial charge in [0, 0.05) is 6.42 Å². The van der Waals surface area contributed by atoms with E-state index >= 15 is 0 Å². The summed E-state index contributed by atoms with van der Waals surface area (Å²) in [6.07, 6.45) is 1.90. The first kappa shape index (κ1) is 18.3. The van der Waals surface area contributed by atoms with E-state index in [1.165, 1.54) is 12.1 Å². The topological polar surface area (TPSA) is 52.3 Å². The summed E-state index contributed by atoms with van der Waals surface area (Å²) < 4.78 is 42.5. The Morgan fingerprint density at radius 2 is 1.50 bits per heavy atom. The van der Waals surface area contributed by atoms with Crippen LogP contribution in [0.4, 0.5) is 13.2 Å². The van der Waals surface area contributed by atoms with Crippen LogP contribution in [-0.2, 0) is 11.0 Å². The molecule has 1 rings (SSSR count). The molecule has 22 heavy (non-hydrogen) atoms. The molecule has 0 saturated heterocycles. The van der Waals surface area contributed by atoms with Gasteiger partial charge in [-0.1, -0.05) is 25.7 Å². The first-order valence-corrected chi connectivity index (χ1v) is 7.48. The van der Waals surface area contributed by atoms with Gasteiger partial charge in [0.2, 0.25) is 5.91 Å². The van der Waals surface area contributed by atoms with E-state index in [1.807, 2.05) is 0 Å². The number of unbranched alkanes of at least 4 members (excludes halogenated alkanes) is 5. The van der Waals surface area contributed by atoms with Crippen molar-refractivity contribution < 1.29 is 22.7 Å². The largest absolute Gasteiger partial charge is 0.494 e. The second-order valence-corrected chi connectivity index (χ2v) is 5.21. The minimum Gasteiger partial charge on any atom is -0.494 e. The number of hydrogen-bond donors (Lipinski definition) is 1. The summed E-state index contributed by atoms with van der Waals surface area (Å²) in [4.78, 5) is 10.5. The van der Waals surface area contributed by atoms with Crippen LogP contribution in [0, 0.1) is 0 Å². The van der Waals surface area contributed by atoms with Crippen molar-refractivity contribution >= 4 is 5.91 Å². The molecule has 2 N–H and O–H groups in total. The number of halogens is 3. The molecule has 0 spiro atoms.